The van der Waals surface area contributed by atoms with Crippen LogP contribution >= 0.6 is 0 Å². The first-order valence-corrected chi connectivity index (χ1v) is 13.7. The van der Waals surface area contributed by atoms with Gasteiger partial charge in [0.15, 0.2) is 0 Å². The fourth-order valence-electron chi connectivity index (χ4n) is 6.19. The molecule has 6 heteroatoms. The summed E-state index contributed by atoms with van der Waals surface area (Å²) in [6, 6.07) is 23.8. The summed E-state index contributed by atoms with van der Waals surface area (Å²) in [5, 5.41) is 6.86. The van der Waals surface area contributed by atoms with Crippen LogP contribution in [-0.2, 0) is 13.5 Å². The van der Waals surface area contributed by atoms with Crippen LogP contribution in [0.15, 0.2) is 95.9 Å². The third kappa shape index (κ3) is 4.45. The fourth-order valence-corrected chi connectivity index (χ4v) is 6.19. The minimum atomic E-state index is -0.218. The summed E-state index contributed by atoms with van der Waals surface area (Å²) >= 11 is 0. The smallest absolute Gasteiger partial charge is 0.134 e. The number of hydrogen-bond donors (Lipinski definition) is 0. The Morgan fingerprint density at radius 1 is 0.949 bits per heavy atom. The first-order valence-electron chi connectivity index (χ1n) is 13.7. The molecule has 4 heterocycles. The second-order valence-electron chi connectivity index (χ2n) is 10.6. The zero-order valence-electron chi connectivity index (χ0n) is 22.1. The molecule has 196 valence electrons. The monoisotopic (exact) mass is 518 g/mol. The van der Waals surface area contributed by atoms with E-state index in [9.17, 15) is 4.39 Å². The van der Waals surface area contributed by atoms with E-state index < -0.39 is 0 Å². The quantitative estimate of drug-likeness (QED) is 0.232. The topological polar surface area (TPSA) is 39.1 Å². The largest absolute Gasteiger partial charge is 0.464 e. The minimum Gasteiger partial charge on any atom is -0.464 e. The molecule has 0 atom stereocenters. The lowest BCUT2D eigenvalue weighted by atomic mass is 9.88. The van der Waals surface area contributed by atoms with E-state index in [0.29, 0.717) is 5.92 Å². The summed E-state index contributed by atoms with van der Waals surface area (Å²) in [7, 11) is 1.98. The van der Waals surface area contributed by atoms with Gasteiger partial charge in [0.05, 0.1) is 17.5 Å². The van der Waals surface area contributed by atoms with Gasteiger partial charge in [-0.25, -0.2) is 4.39 Å². The van der Waals surface area contributed by atoms with Crippen molar-refractivity contribution in [3.05, 3.63) is 108 Å². The van der Waals surface area contributed by atoms with Crippen LogP contribution in [-0.4, -0.2) is 38.9 Å². The van der Waals surface area contributed by atoms with Crippen LogP contribution in [0.2, 0.25) is 0 Å². The summed E-state index contributed by atoms with van der Waals surface area (Å²) in [5.41, 5.74) is 8.01. The van der Waals surface area contributed by atoms with Crippen LogP contribution in [0.4, 0.5) is 4.39 Å². The molecule has 3 aromatic heterocycles. The maximum atomic E-state index is 13.7. The highest BCUT2D eigenvalue weighted by atomic mass is 19.1. The molecule has 0 N–H and O–H groups in total. The van der Waals surface area contributed by atoms with Gasteiger partial charge in [0, 0.05) is 48.0 Å². The Hall–Kier alpha value is -4.16. The number of para-hydroxylation sites is 1. The molecule has 0 aliphatic carbocycles. The Balaban J connectivity index is 1.15. The van der Waals surface area contributed by atoms with E-state index >= 15 is 0 Å². The van der Waals surface area contributed by atoms with Gasteiger partial charge in [0.2, 0.25) is 0 Å². The SMILES string of the molecule is Cn1nccc1-c1ccc2c(c1)c(C1CCN(CCc3coc4ccccc34)CC1)cn2-c1ccc(F)cc1. The third-order valence-electron chi connectivity index (χ3n) is 8.34. The number of hydrogen-bond acceptors (Lipinski definition) is 3. The van der Waals surface area contributed by atoms with Crippen molar-refractivity contribution < 1.29 is 8.81 Å². The summed E-state index contributed by atoms with van der Waals surface area (Å²) < 4.78 is 23.6. The molecule has 0 spiro atoms. The van der Waals surface area contributed by atoms with Crippen molar-refractivity contribution in [1.82, 2.24) is 19.2 Å². The van der Waals surface area contributed by atoms with Gasteiger partial charge < -0.3 is 13.9 Å². The van der Waals surface area contributed by atoms with Crippen LogP contribution in [0.3, 0.4) is 0 Å². The number of fused-ring (bicyclic) bond motifs is 2. The number of furan rings is 1. The zero-order chi connectivity index (χ0) is 26.3. The van der Waals surface area contributed by atoms with E-state index in [1.807, 2.05) is 48.5 Å². The minimum absolute atomic E-state index is 0.218. The van der Waals surface area contributed by atoms with Gasteiger partial charge in [-0.05, 0) is 97.9 Å². The van der Waals surface area contributed by atoms with Gasteiger partial charge in [-0.1, -0.05) is 24.3 Å². The number of piperidine rings is 1. The van der Waals surface area contributed by atoms with Gasteiger partial charge in [-0.2, -0.15) is 5.10 Å². The molecule has 7 rings (SSSR count). The van der Waals surface area contributed by atoms with E-state index in [0.717, 1.165) is 66.9 Å². The Labute approximate surface area is 227 Å². The highest BCUT2D eigenvalue weighted by Gasteiger charge is 2.25. The van der Waals surface area contributed by atoms with Crippen molar-refractivity contribution in [2.24, 2.45) is 7.05 Å². The van der Waals surface area contributed by atoms with E-state index in [-0.39, 0.29) is 5.82 Å². The lowest BCUT2D eigenvalue weighted by molar-refractivity contribution is 0.215. The molecule has 3 aromatic carbocycles. The second kappa shape index (κ2) is 9.86. The Kier molecular flexibility index (Phi) is 6.05. The zero-order valence-corrected chi connectivity index (χ0v) is 22.1. The van der Waals surface area contributed by atoms with Crippen LogP contribution in [0.25, 0.3) is 38.8 Å². The van der Waals surface area contributed by atoms with Crippen molar-refractivity contribution in [3.63, 3.8) is 0 Å². The summed E-state index contributed by atoms with van der Waals surface area (Å²) in [6.45, 7) is 3.19. The molecule has 1 aliphatic heterocycles. The van der Waals surface area contributed by atoms with Gasteiger partial charge >= 0.3 is 0 Å². The van der Waals surface area contributed by atoms with Gasteiger partial charge in [0.1, 0.15) is 11.4 Å². The fraction of sp³-hybridized carbons (Fsp3) is 0.242. The molecule has 0 radical (unpaired) electrons. The maximum absolute atomic E-state index is 13.7. The molecule has 5 nitrogen and oxygen atoms in total. The predicted octanol–water partition coefficient (Wildman–Crippen LogP) is 7.34. The number of aromatic nitrogens is 3. The van der Waals surface area contributed by atoms with E-state index in [1.165, 1.54) is 34.0 Å². The Morgan fingerprint density at radius 3 is 2.56 bits per heavy atom. The second-order valence-corrected chi connectivity index (χ2v) is 10.6. The molecular formula is C33H31FN4O. The van der Waals surface area contributed by atoms with Gasteiger partial charge in [0.25, 0.3) is 0 Å². The first kappa shape index (κ1) is 23.9. The first-order chi connectivity index (χ1) is 19.1. The Bertz CT molecular complexity index is 1750. The lowest BCUT2D eigenvalue weighted by Crippen LogP contribution is -2.34. The molecule has 1 fully saturated rings. The number of nitrogens with zero attached hydrogens (tertiary/aromatic N) is 4. The highest BCUT2D eigenvalue weighted by molar-refractivity contribution is 5.90. The number of benzene rings is 3. The Morgan fingerprint density at radius 2 is 1.77 bits per heavy atom. The molecule has 0 saturated carbocycles. The average molecular weight is 519 g/mol. The summed E-state index contributed by atoms with van der Waals surface area (Å²) in [6.07, 6.45) is 9.27. The highest BCUT2D eigenvalue weighted by Crippen LogP contribution is 2.38. The molecule has 0 amide bonds. The molecule has 1 aliphatic rings. The molecule has 1 saturated heterocycles. The number of rotatable bonds is 6. The lowest BCUT2D eigenvalue weighted by Gasteiger charge is -2.32. The standard InChI is InChI=1S/C33H31FN4O/c1-36-31(12-16-35-36)24-6-11-32-29(20-24)30(21-38(32)27-9-7-26(34)8-10-27)23-13-17-37(18-14-23)19-15-25-22-39-33-5-3-2-4-28(25)33/h2-12,16,20-23H,13-15,17-19H2,1H3. The van der Waals surface area contributed by atoms with Crippen molar-refractivity contribution in [3.8, 4) is 16.9 Å². The van der Waals surface area contributed by atoms with Crippen LogP contribution in [0, 0.1) is 5.82 Å². The molecule has 6 aromatic rings. The molecule has 39 heavy (non-hydrogen) atoms. The van der Waals surface area contributed by atoms with Crippen molar-refractivity contribution in [2.75, 3.05) is 19.6 Å². The van der Waals surface area contributed by atoms with Crippen LogP contribution in [0.1, 0.15) is 29.9 Å². The summed E-state index contributed by atoms with van der Waals surface area (Å²) in [5.74, 6) is 0.256. The van der Waals surface area contributed by atoms with Crippen LogP contribution < -0.4 is 0 Å². The normalized spacial score (nSPS) is 15.0. The molecule has 0 bridgehead atoms. The number of likely N-dealkylation sites (tertiary alicyclic amines) is 1. The number of halogens is 1. The third-order valence-corrected chi connectivity index (χ3v) is 8.34. The van der Waals surface area contributed by atoms with E-state index in [1.54, 1.807) is 0 Å². The summed E-state index contributed by atoms with van der Waals surface area (Å²) in [4.78, 5) is 2.58. The van der Waals surface area contributed by atoms with E-state index in [2.05, 4.69) is 57.2 Å². The maximum Gasteiger partial charge on any atom is 0.134 e. The van der Waals surface area contributed by atoms with Crippen LogP contribution in [0.5, 0.6) is 0 Å². The van der Waals surface area contributed by atoms with E-state index in [4.69, 9.17) is 4.42 Å². The van der Waals surface area contributed by atoms with Crippen molar-refractivity contribution in [1.29, 1.82) is 0 Å². The predicted molar refractivity (Wildman–Crippen MR) is 154 cm³/mol. The molecular weight excluding hydrogens is 487 g/mol. The average Bonchev–Trinajstić information content (AvgIpc) is 3.69. The number of aryl methyl sites for hydroxylation is 1. The van der Waals surface area contributed by atoms with Gasteiger partial charge in [-0.15, -0.1) is 0 Å². The van der Waals surface area contributed by atoms with Gasteiger partial charge in [-0.3, -0.25) is 4.68 Å². The van der Waals surface area contributed by atoms with Crippen molar-refractivity contribution >= 4 is 21.9 Å². The van der Waals surface area contributed by atoms with Crippen molar-refractivity contribution in [2.45, 2.75) is 25.2 Å². The molecule has 0 unspecified atom stereocenters.